The second-order valence-corrected chi connectivity index (χ2v) is 6.60. The van der Waals surface area contributed by atoms with Crippen molar-refractivity contribution in [2.24, 2.45) is 10.9 Å². The minimum Gasteiger partial charge on any atom is -0.490 e. The molecule has 0 bridgehead atoms. The molecule has 30 heavy (non-hydrogen) atoms. The van der Waals surface area contributed by atoms with Gasteiger partial charge in [0.1, 0.15) is 0 Å². The minimum atomic E-state index is -2.89. The number of hydrogen-bond acceptors (Lipinski definition) is 5. The summed E-state index contributed by atoms with van der Waals surface area (Å²) in [4.78, 5) is 4.18. The first-order valence-electron chi connectivity index (χ1n) is 9.93. The number of nitrogens with zero attached hydrogens (tertiary/aromatic N) is 1. The van der Waals surface area contributed by atoms with Crippen molar-refractivity contribution in [3.8, 4) is 11.5 Å². The summed E-state index contributed by atoms with van der Waals surface area (Å²) < 4.78 is 45.9. The number of nitrogens with one attached hydrogen (secondary N) is 2. The van der Waals surface area contributed by atoms with E-state index in [1.807, 2.05) is 0 Å². The number of guanidine groups is 1. The second kappa shape index (κ2) is 15.4. The van der Waals surface area contributed by atoms with Gasteiger partial charge in [0.25, 0.3) is 0 Å². The molecule has 1 atom stereocenters. The highest BCUT2D eigenvalue weighted by atomic mass is 127. The lowest BCUT2D eigenvalue weighted by molar-refractivity contribution is -0.0514. The summed E-state index contributed by atoms with van der Waals surface area (Å²) in [5, 5.41) is 6.41. The normalized spacial score (nSPS) is 16.3. The Kier molecular flexibility index (Phi) is 13.7. The molecule has 10 heteroatoms. The quantitative estimate of drug-likeness (QED) is 0.182. The molecule has 1 aromatic carbocycles. The monoisotopic (exact) mass is 543 g/mol. The Bertz CT molecular complexity index is 632. The smallest absolute Gasteiger partial charge is 0.387 e. The van der Waals surface area contributed by atoms with E-state index >= 15 is 0 Å². The van der Waals surface area contributed by atoms with Gasteiger partial charge >= 0.3 is 6.61 Å². The number of aliphatic imine (C=N–C) groups is 1. The Morgan fingerprint density at radius 2 is 2.13 bits per heavy atom. The maximum atomic E-state index is 12.5. The van der Waals surface area contributed by atoms with Crippen LogP contribution in [0.1, 0.15) is 25.3 Å². The third-order valence-electron chi connectivity index (χ3n) is 4.34. The van der Waals surface area contributed by atoms with E-state index in [1.165, 1.54) is 6.07 Å². The van der Waals surface area contributed by atoms with Crippen molar-refractivity contribution in [2.45, 2.75) is 32.9 Å². The topological polar surface area (TPSA) is 73.3 Å². The second-order valence-electron chi connectivity index (χ2n) is 6.60. The van der Waals surface area contributed by atoms with Crippen molar-refractivity contribution in [1.82, 2.24) is 10.6 Å². The first-order chi connectivity index (χ1) is 14.1. The molecule has 1 unspecified atom stereocenters. The van der Waals surface area contributed by atoms with Gasteiger partial charge in [-0.05, 0) is 37.5 Å². The molecule has 2 rings (SSSR count). The lowest BCUT2D eigenvalue weighted by atomic mass is 10.1. The van der Waals surface area contributed by atoms with Crippen LogP contribution in [-0.4, -0.2) is 59.2 Å². The Morgan fingerprint density at radius 3 is 2.80 bits per heavy atom. The Labute approximate surface area is 193 Å². The van der Waals surface area contributed by atoms with Gasteiger partial charge in [0, 0.05) is 39.3 Å². The van der Waals surface area contributed by atoms with Crippen molar-refractivity contribution in [2.75, 3.05) is 46.6 Å². The molecule has 172 valence electrons. The predicted octanol–water partition coefficient (Wildman–Crippen LogP) is 3.41. The highest BCUT2D eigenvalue weighted by Gasteiger charge is 2.15. The van der Waals surface area contributed by atoms with Gasteiger partial charge in [-0.25, -0.2) is 0 Å². The van der Waals surface area contributed by atoms with Crippen molar-refractivity contribution in [3.63, 3.8) is 0 Å². The van der Waals surface area contributed by atoms with Crippen LogP contribution in [0.5, 0.6) is 11.5 Å². The highest BCUT2D eigenvalue weighted by Crippen LogP contribution is 2.29. The summed E-state index contributed by atoms with van der Waals surface area (Å²) in [6.45, 7) is 3.52. The molecule has 0 saturated carbocycles. The zero-order chi connectivity index (χ0) is 20.9. The van der Waals surface area contributed by atoms with Crippen molar-refractivity contribution in [3.05, 3.63) is 23.8 Å². The number of hydrogen-bond donors (Lipinski definition) is 2. The average molecular weight is 543 g/mol. The van der Waals surface area contributed by atoms with Gasteiger partial charge < -0.3 is 29.6 Å². The van der Waals surface area contributed by atoms with E-state index in [1.54, 1.807) is 26.1 Å². The van der Waals surface area contributed by atoms with E-state index in [0.29, 0.717) is 37.4 Å². The highest BCUT2D eigenvalue weighted by molar-refractivity contribution is 14.0. The van der Waals surface area contributed by atoms with Crippen LogP contribution in [0.2, 0.25) is 0 Å². The molecule has 1 aliphatic rings. The molecule has 0 aromatic heterocycles. The lowest BCUT2D eigenvalue weighted by Gasteiger charge is -2.15. The number of ether oxygens (including phenoxy) is 4. The van der Waals surface area contributed by atoms with Crippen LogP contribution >= 0.6 is 24.0 Å². The molecule has 1 aliphatic heterocycles. The number of alkyl halides is 2. The maximum Gasteiger partial charge on any atom is 0.387 e. The first-order valence-corrected chi connectivity index (χ1v) is 9.93. The SMILES string of the molecule is CCOc1cc(CNC(=NC)NCCCOCC2CCOC2)ccc1OC(F)F.I. The van der Waals surface area contributed by atoms with E-state index in [2.05, 4.69) is 20.4 Å². The van der Waals surface area contributed by atoms with E-state index in [4.69, 9.17) is 14.2 Å². The van der Waals surface area contributed by atoms with Gasteiger partial charge in [0.2, 0.25) is 0 Å². The van der Waals surface area contributed by atoms with E-state index < -0.39 is 6.61 Å². The van der Waals surface area contributed by atoms with Gasteiger partial charge in [0.05, 0.1) is 19.8 Å². The Morgan fingerprint density at radius 1 is 1.30 bits per heavy atom. The molecule has 1 saturated heterocycles. The molecular weight excluding hydrogens is 511 g/mol. The van der Waals surface area contributed by atoms with Crippen LogP contribution in [0.15, 0.2) is 23.2 Å². The predicted molar refractivity (Wildman–Crippen MR) is 122 cm³/mol. The van der Waals surface area contributed by atoms with Crippen LogP contribution in [0.4, 0.5) is 8.78 Å². The van der Waals surface area contributed by atoms with E-state index in [-0.39, 0.29) is 29.7 Å². The molecule has 1 heterocycles. The number of rotatable bonds is 12. The zero-order valence-electron chi connectivity index (χ0n) is 17.5. The summed E-state index contributed by atoms with van der Waals surface area (Å²) in [6.07, 6.45) is 1.94. The molecule has 0 radical (unpaired) electrons. The summed E-state index contributed by atoms with van der Waals surface area (Å²) >= 11 is 0. The fourth-order valence-electron chi connectivity index (χ4n) is 2.88. The van der Waals surface area contributed by atoms with Crippen LogP contribution in [-0.2, 0) is 16.0 Å². The van der Waals surface area contributed by atoms with Gasteiger partial charge in [-0.1, -0.05) is 6.07 Å². The van der Waals surface area contributed by atoms with Gasteiger partial charge in [-0.3, -0.25) is 4.99 Å². The van der Waals surface area contributed by atoms with Crippen molar-refractivity contribution in [1.29, 1.82) is 0 Å². The summed E-state index contributed by atoms with van der Waals surface area (Å²) in [6, 6.07) is 4.88. The first kappa shape index (κ1) is 26.6. The minimum absolute atomic E-state index is 0. The Balaban J connectivity index is 0.00000450. The van der Waals surface area contributed by atoms with Gasteiger partial charge in [0.15, 0.2) is 17.5 Å². The van der Waals surface area contributed by atoms with Crippen LogP contribution in [0.3, 0.4) is 0 Å². The molecule has 0 aliphatic carbocycles. The summed E-state index contributed by atoms with van der Waals surface area (Å²) in [5.74, 6) is 1.49. The Hall–Kier alpha value is -1.40. The molecule has 7 nitrogen and oxygen atoms in total. The van der Waals surface area contributed by atoms with Crippen LogP contribution in [0.25, 0.3) is 0 Å². The fourth-order valence-corrected chi connectivity index (χ4v) is 2.88. The van der Waals surface area contributed by atoms with Crippen LogP contribution < -0.4 is 20.1 Å². The summed E-state index contributed by atoms with van der Waals surface area (Å²) in [5.41, 5.74) is 0.861. The van der Waals surface area contributed by atoms with E-state index in [9.17, 15) is 8.78 Å². The molecule has 0 amide bonds. The molecule has 2 N–H and O–H groups in total. The summed E-state index contributed by atoms with van der Waals surface area (Å²) in [7, 11) is 1.69. The zero-order valence-corrected chi connectivity index (χ0v) is 19.8. The molecule has 0 spiro atoms. The van der Waals surface area contributed by atoms with Crippen molar-refractivity contribution >= 4 is 29.9 Å². The largest absolute Gasteiger partial charge is 0.490 e. The van der Waals surface area contributed by atoms with Crippen molar-refractivity contribution < 1.29 is 27.7 Å². The third-order valence-corrected chi connectivity index (χ3v) is 4.34. The fraction of sp³-hybridized carbons (Fsp3) is 0.650. The van der Waals surface area contributed by atoms with Gasteiger partial charge in [-0.15, -0.1) is 24.0 Å². The number of halogens is 3. The third kappa shape index (κ3) is 10.1. The van der Waals surface area contributed by atoms with E-state index in [0.717, 1.165) is 44.8 Å². The molecular formula is C20H32F2IN3O4. The average Bonchev–Trinajstić information content (AvgIpc) is 3.22. The molecule has 1 fully saturated rings. The molecule has 1 aromatic rings. The van der Waals surface area contributed by atoms with Crippen LogP contribution in [0, 0.1) is 5.92 Å². The number of benzene rings is 1. The standard InChI is InChI=1S/C20H31F2N3O4.HI/c1-3-28-18-11-15(5-6-17(18)29-19(21)22)12-25-20(23-2)24-8-4-9-26-13-16-7-10-27-14-16;/h5-6,11,16,19H,3-4,7-10,12-14H2,1-2H3,(H2,23,24,25);1H. The maximum absolute atomic E-state index is 12.5. The van der Waals surface area contributed by atoms with Gasteiger partial charge in [-0.2, -0.15) is 8.78 Å². The lowest BCUT2D eigenvalue weighted by Crippen LogP contribution is -2.37.